The highest BCUT2D eigenvalue weighted by Crippen LogP contribution is 2.20. The number of nitrogens with zero attached hydrogens (tertiary/aromatic N) is 2. The fourth-order valence-corrected chi connectivity index (χ4v) is 1.66. The second-order valence-electron chi connectivity index (χ2n) is 5.34. The summed E-state index contributed by atoms with van der Waals surface area (Å²) >= 11 is 0. The fourth-order valence-electron chi connectivity index (χ4n) is 1.66. The topological polar surface area (TPSA) is 28.2 Å². The summed E-state index contributed by atoms with van der Waals surface area (Å²) in [7, 11) is 1.62. The van der Waals surface area contributed by atoms with Crippen molar-refractivity contribution in [3.8, 4) is 0 Å². The van der Waals surface area contributed by atoms with Gasteiger partial charge in [0, 0.05) is 26.3 Å². The normalized spacial score (nSPS) is 11.9. The molecule has 0 fully saturated rings. The molecule has 0 atom stereocenters. The molecular weight excluding hydrogens is 267 g/mol. The summed E-state index contributed by atoms with van der Waals surface area (Å²) < 4.78 is 36.4. The van der Waals surface area contributed by atoms with E-state index in [1.165, 1.54) is 4.90 Å². The van der Waals surface area contributed by atoms with Crippen LogP contribution in [0, 0.1) is 5.92 Å². The summed E-state index contributed by atoms with van der Waals surface area (Å²) in [6.45, 7) is 5.82. The van der Waals surface area contributed by atoms with Crippen LogP contribution in [-0.2, 0) is 6.54 Å². The van der Waals surface area contributed by atoms with Gasteiger partial charge in [-0.3, -0.25) is 0 Å². The van der Waals surface area contributed by atoms with Crippen LogP contribution in [-0.4, -0.2) is 31.3 Å². The highest BCUT2D eigenvalue weighted by molar-refractivity contribution is 5.38. The van der Waals surface area contributed by atoms with Gasteiger partial charge < -0.3 is 10.2 Å². The van der Waals surface area contributed by atoms with Gasteiger partial charge >= 0.3 is 6.18 Å². The van der Waals surface area contributed by atoms with E-state index in [1.807, 2.05) is 6.07 Å². The van der Waals surface area contributed by atoms with Gasteiger partial charge in [0.15, 0.2) is 0 Å². The third kappa shape index (κ3) is 6.75. The number of halogens is 3. The first-order chi connectivity index (χ1) is 9.28. The molecule has 1 aromatic rings. The largest absolute Gasteiger partial charge is 0.390 e. The van der Waals surface area contributed by atoms with Gasteiger partial charge in [0.05, 0.1) is 6.42 Å². The molecule has 0 spiro atoms. The maximum Gasteiger partial charge on any atom is 0.390 e. The highest BCUT2D eigenvalue weighted by atomic mass is 19.4. The zero-order valence-electron chi connectivity index (χ0n) is 12.2. The zero-order chi connectivity index (χ0) is 15.2. The van der Waals surface area contributed by atoms with Crippen molar-refractivity contribution in [1.29, 1.82) is 0 Å². The Morgan fingerprint density at radius 2 is 2.00 bits per heavy atom. The lowest BCUT2D eigenvalue weighted by atomic mass is 10.2. The minimum absolute atomic E-state index is 0.0819. The Labute approximate surface area is 118 Å². The Balaban J connectivity index is 2.45. The Hall–Kier alpha value is -1.30. The molecule has 0 bridgehead atoms. The van der Waals surface area contributed by atoms with Gasteiger partial charge in [-0.2, -0.15) is 13.2 Å². The number of hydrogen-bond acceptors (Lipinski definition) is 3. The molecule has 0 aliphatic rings. The highest BCUT2D eigenvalue weighted by Gasteiger charge is 2.27. The molecule has 0 aliphatic carbocycles. The van der Waals surface area contributed by atoms with Gasteiger partial charge in [-0.15, -0.1) is 0 Å². The molecule has 3 nitrogen and oxygen atoms in total. The quantitative estimate of drug-likeness (QED) is 0.835. The van der Waals surface area contributed by atoms with Crippen molar-refractivity contribution in [3.05, 3.63) is 23.9 Å². The van der Waals surface area contributed by atoms with E-state index in [-0.39, 0.29) is 6.54 Å². The maximum absolute atomic E-state index is 12.1. The number of anilines is 1. The SMILES string of the molecule is CC(C)CNCc1ccc(N(C)CCC(F)(F)F)nc1. The number of aromatic nitrogens is 1. The van der Waals surface area contributed by atoms with Crippen LogP contribution in [0.25, 0.3) is 0 Å². The second kappa shape index (κ2) is 7.47. The van der Waals surface area contributed by atoms with E-state index in [2.05, 4.69) is 24.1 Å². The lowest BCUT2D eigenvalue weighted by molar-refractivity contribution is -0.132. The van der Waals surface area contributed by atoms with E-state index >= 15 is 0 Å². The third-order valence-electron chi connectivity index (χ3n) is 2.81. The molecule has 1 N–H and O–H groups in total. The number of nitrogens with one attached hydrogen (secondary N) is 1. The van der Waals surface area contributed by atoms with Gasteiger partial charge in [0.1, 0.15) is 5.82 Å². The Bertz CT molecular complexity index is 388. The molecule has 0 unspecified atom stereocenters. The molecular formula is C14H22F3N3. The molecule has 0 saturated carbocycles. The number of rotatable bonds is 7. The Morgan fingerprint density at radius 1 is 1.30 bits per heavy atom. The summed E-state index contributed by atoms with van der Waals surface area (Å²) in [6, 6.07) is 3.64. The molecule has 20 heavy (non-hydrogen) atoms. The predicted octanol–water partition coefficient (Wildman–Crippen LogP) is 3.22. The van der Waals surface area contributed by atoms with Crippen LogP contribution >= 0.6 is 0 Å². The molecule has 0 aromatic carbocycles. The zero-order valence-corrected chi connectivity index (χ0v) is 12.2. The first-order valence-electron chi connectivity index (χ1n) is 6.71. The maximum atomic E-state index is 12.1. The minimum Gasteiger partial charge on any atom is -0.359 e. The summed E-state index contributed by atoms with van der Waals surface area (Å²) in [5.41, 5.74) is 1.03. The third-order valence-corrected chi connectivity index (χ3v) is 2.81. The summed E-state index contributed by atoms with van der Waals surface area (Å²) in [6.07, 6.45) is -3.26. The van der Waals surface area contributed by atoms with Crippen LogP contribution in [0.3, 0.4) is 0 Å². The summed E-state index contributed by atoms with van der Waals surface area (Å²) in [5.74, 6) is 1.14. The molecule has 1 rings (SSSR count). The van der Waals surface area contributed by atoms with E-state index in [1.54, 1.807) is 19.3 Å². The molecule has 0 saturated heterocycles. The van der Waals surface area contributed by atoms with Crippen LogP contribution in [0.4, 0.5) is 19.0 Å². The average Bonchev–Trinajstić information content (AvgIpc) is 2.35. The predicted molar refractivity (Wildman–Crippen MR) is 74.7 cm³/mol. The van der Waals surface area contributed by atoms with Crippen molar-refractivity contribution >= 4 is 5.82 Å². The molecule has 1 heterocycles. The lowest BCUT2D eigenvalue weighted by Crippen LogP contribution is -2.25. The molecule has 114 valence electrons. The van der Waals surface area contributed by atoms with Crippen molar-refractivity contribution in [2.45, 2.75) is 33.0 Å². The molecule has 0 aliphatic heterocycles. The van der Waals surface area contributed by atoms with Crippen molar-refractivity contribution in [2.24, 2.45) is 5.92 Å². The van der Waals surface area contributed by atoms with Crippen molar-refractivity contribution in [3.63, 3.8) is 0 Å². The summed E-state index contributed by atoms with van der Waals surface area (Å²) in [4.78, 5) is 5.71. The fraction of sp³-hybridized carbons (Fsp3) is 0.643. The van der Waals surface area contributed by atoms with E-state index in [0.717, 1.165) is 18.7 Å². The van der Waals surface area contributed by atoms with E-state index in [4.69, 9.17) is 0 Å². The van der Waals surface area contributed by atoms with E-state index in [9.17, 15) is 13.2 Å². The van der Waals surface area contributed by atoms with Crippen LogP contribution in [0.1, 0.15) is 25.8 Å². The first-order valence-corrected chi connectivity index (χ1v) is 6.71. The first kappa shape index (κ1) is 16.8. The van der Waals surface area contributed by atoms with Crippen molar-refractivity contribution in [1.82, 2.24) is 10.3 Å². The Kier molecular flexibility index (Phi) is 6.26. The minimum atomic E-state index is -4.13. The van der Waals surface area contributed by atoms with Gasteiger partial charge in [-0.25, -0.2) is 4.98 Å². The van der Waals surface area contributed by atoms with Gasteiger partial charge in [-0.05, 0) is 24.1 Å². The molecule has 1 aromatic heterocycles. The number of hydrogen-bond donors (Lipinski definition) is 1. The van der Waals surface area contributed by atoms with Gasteiger partial charge in [0.2, 0.25) is 0 Å². The number of pyridine rings is 1. The van der Waals surface area contributed by atoms with Crippen LogP contribution < -0.4 is 10.2 Å². The Morgan fingerprint density at radius 3 is 2.50 bits per heavy atom. The smallest absolute Gasteiger partial charge is 0.359 e. The number of alkyl halides is 3. The lowest BCUT2D eigenvalue weighted by Gasteiger charge is -2.19. The van der Waals surface area contributed by atoms with E-state index < -0.39 is 12.6 Å². The van der Waals surface area contributed by atoms with Crippen LogP contribution in [0.5, 0.6) is 0 Å². The molecule has 6 heteroatoms. The van der Waals surface area contributed by atoms with Crippen LogP contribution in [0.15, 0.2) is 18.3 Å². The molecule has 0 radical (unpaired) electrons. The standard InChI is InChI=1S/C14H22F3N3/c1-11(2)8-18-9-12-4-5-13(19-10-12)20(3)7-6-14(15,16)17/h4-5,10-11,18H,6-9H2,1-3H3. The van der Waals surface area contributed by atoms with Gasteiger partial charge in [0.25, 0.3) is 0 Å². The average molecular weight is 289 g/mol. The second-order valence-corrected chi connectivity index (χ2v) is 5.34. The van der Waals surface area contributed by atoms with Crippen molar-refractivity contribution < 1.29 is 13.2 Å². The van der Waals surface area contributed by atoms with Crippen LogP contribution in [0.2, 0.25) is 0 Å². The molecule has 0 amide bonds. The van der Waals surface area contributed by atoms with E-state index in [0.29, 0.717) is 11.7 Å². The van der Waals surface area contributed by atoms with Crippen molar-refractivity contribution in [2.75, 3.05) is 25.0 Å². The van der Waals surface area contributed by atoms with Gasteiger partial charge in [-0.1, -0.05) is 19.9 Å². The monoisotopic (exact) mass is 289 g/mol. The summed E-state index contributed by atoms with van der Waals surface area (Å²) in [5, 5.41) is 3.29.